The standard InChI is InChI=1S/C15H23N5/c1-6-12-17-8-9-20(12)13-10-11(16-7-2)18-14(19-13)15(3,4)5/h8-10H,6-7H2,1-5H3,(H,16,18,19). The highest BCUT2D eigenvalue weighted by atomic mass is 15.2. The Kier molecular flexibility index (Phi) is 4.06. The lowest BCUT2D eigenvalue weighted by Gasteiger charge is -2.19. The third kappa shape index (κ3) is 2.98. The van der Waals surface area contributed by atoms with E-state index >= 15 is 0 Å². The molecule has 0 radical (unpaired) electrons. The summed E-state index contributed by atoms with van der Waals surface area (Å²) in [7, 11) is 0. The quantitative estimate of drug-likeness (QED) is 0.930. The first-order valence-corrected chi connectivity index (χ1v) is 7.11. The van der Waals surface area contributed by atoms with Crippen LogP contribution >= 0.6 is 0 Å². The molecule has 2 rings (SSSR count). The second kappa shape index (κ2) is 5.61. The van der Waals surface area contributed by atoms with Crippen LogP contribution in [0.15, 0.2) is 18.5 Å². The van der Waals surface area contributed by atoms with Crippen LogP contribution in [0, 0.1) is 0 Å². The van der Waals surface area contributed by atoms with E-state index in [1.54, 1.807) is 0 Å². The molecule has 0 amide bonds. The zero-order chi connectivity index (χ0) is 14.8. The Morgan fingerprint density at radius 1 is 1.20 bits per heavy atom. The van der Waals surface area contributed by atoms with Crippen molar-refractivity contribution in [1.82, 2.24) is 19.5 Å². The van der Waals surface area contributed by atoms with Crippen molar-refractivity contribution in [2.24, 2.45) is 0 Å². The first kappa shape index (κ1) is 14.5. The second-order valence-corrected chi connectivity index (χ2v) is 5.78. The van der Waals surface area contributed by atoms with Gasteiger partial charge in [-0.2, -0.15) is 0 Å². The maximum absolute atomic E-state index is 4.71. The largest absolute Gasteiger partial charge is 0.370 e. The minimum Gasteiger partial charge on any atom is -0.370 e. The molecule has 0 aromatic carbocycles. The van der Waals surface area contributed by atoms with E-state index in [2.05, 4.69) is 49.9 Å². The van der Waals surface area contributed by atoms with Gasteiger partial charge in [-0.3, -0.25) is 4.57 Å². The van der Waals surface area contributed by atoms with Crippen molar-refractivity contribution in [2.45, 2.75) is 46.5 Å². The molecule has 108 valence electrons. The summed E-state index contributed by atoms with van der Waals surface area (Å²) in [4.78, 5) is 13.7. The van der Waals surface area contributed by atoms with Crippen molar-refractivity contribution < 1.29 is 0 Å². The number of aromatic nitrogens is 4. The lowest BCUT2D eigenvalue weighted by atomic mass is 9.96. The zero-order valence-corrected chi connectivity index (χ0v) is 12.9. The molecule has 0 saturated carbocycles. The van der Waals surface area contributed by atoms with Gasteiger partial charge < -0.3 is 5.32 Å². The van der Waals surface area contributed by atoms with Crippen LogP contribution < -0.4 is 5.32 Å². The van der Waals surface area contributed by atoms with E-state index < -0.39 is 0 Å². The summed E-state index contributed by atoms with van der Waals surface area (Å²) in [5, 5.41) is 3.27. The number of nitrogens with zero attached hydrogens (tertiary/aromatic N) is 4. The van der Waals surface area contributed by atoms with E-state index in [9.17, 15) is 0 Å². The molecular weight excluding hydrogens is 250 g/mol. The lowest BCUT2D eigenvalue weighted by molar-refractivity contribution is 0.543. The van der Waals surface area contributed by atoms with E-state index in [1.165, 1.54) is 0 Å². The SMILES string of the molecule is CCNc1cc(-n2ccnc2CC)nc(C(C)(C)C)n1. The molecule has 5 heteroatoms. The molecule has 1 N–H and O–H groups in total. The zero-order valence-electron chi connectivity index (χ0n) is 12.9. The molecular formula is C15H23N5. The van der Waals surface area contributed by atoms with Gasteiger partial charge in [0, 0.05) is 36.8 Å². The van der Waals surface area contributed by atoms with Gasteiger partial charge in [-0.1, -0.05) is 27.7 Å². The molecule has 0 aliphatic rings. The van der Waals surface area contributed by atoms with Crippen molar-refractivity contribution in [3.8, 4) is 5.82 Å². The van der Waals surface area contributed by atoms with Gasteiger partial charge in [0.05, 0.1) is 0 Å². The summed E-state index contributed by atoms with van der Waals surface area (Å²) in [6, 6.07) is 1.97. The molecule has 0 unspecified atom stereocenters. The average molecular weight is 273 g/mol. The molecule has 2 aromatic rings. The van der Waals surface area contributed by atoms with Crippen LogP contribution in [0.5, 0.6) is 0 Å². The van der Waals surface area contributed by atoms with E-state index in [-0.39, 0.29) is 5.41 Å². The summed E-state index contributed by atoms with van der Waals surface area (Å²) >= 11 is 0. The summed E-state index contributed by atoms with van der Waals surface area (Å²) < 4.78 is 2.03. The fourth-order valence-electron chi connectivity index (χ4n) is 1.97. The third-order valence-corrected chi connectivity index (χ3v) is 3.02. The molecule has 0 saturated heterocycles. The highest BCUT2D eigenvalue weighted by Gasteiger charge is 2.20. The van der Waals surface area contributed by atoms with Gasteiger partial charge >= 0.3 is 0 Å². The first-order valence-electron chi connectivity index (χ1n) is 7.11. The van der Waals surface area contributed by atoms with Crippen molar-refractivity contribution >= 4 is 5.82 Å². The molecule has 0 bridgehead atoms. The molecule has 0 aliphatic carbocycles. The summed E-state index contributed by atoms with van der Waals surface area (Å²) in [6.07, 6.45) is 4.63. The molecule has 0 aliphatic heterocycles. The van der Waals surface area contributed by atoms with Crippen molar-refractivity contribution in [1.29, 1.82) is 0 Å². The van der Waals surface area contributed by atoms with Gasteiger partial charge in [0.25, 0.3) is 0 Å². The second-order valence-electron chi connectivity index (χ2n) is 5.78. The molecule has 0 spiro atoms. The molecule has 2 aromatic heterocycles. The summed E-state index contributed by atoms with van der Waals surface area (Å²) in [5.74, 6) is 3.57. The molecule has 5 nitrogen and oxygen atoms in total. The van der Waals surface area contributed by atoms with E-state index in [0.717, 1.165) is 36.3 Å². The number of hydrogen-bond donors (Lipinski definition) is 1. The highest BCUT2D eigenvalue weighted by Crippen LogP contribution is 2.22. The molecule has 0 atom stereocenters. The van der Waals surface area contributed by atoms with E-state index in [4.69, 9.17) is 4.98 Å². The first-order chi connectivity index (χ1) is 9.45. The number of anilines is 1. The van der Waals surface area contributed by atoms with Gasteiger partial charge in [-0.15, -0.1) is 0 Å². The van der Waals surface area contributed by atoms with Crippen molar-refractivity contribution in [3.05, 3.63) is 30.1 Å². The van der Waals surface area contributed by atoms with Gasteiger partial charge in [0.1, 0.15) is 23.3 Å². The van der Waals surface area contributed by atoms with Crippen molar-refractivity contribution in [2.75, 3.05) is 11.9 Å². The van der Waals surface area contributed by atoms with E-state index in [1.807, 2.05) is 23.0 Å². The fraction of sp³-hybridized carbons (Fsp3) is 0.533. The number of nitrogens with one attached hydrogen (secondary N) is 1. The van der Waals surface area contributed by atoms with Crippen LogP contribution in [0.25, 0.3) is 5.82 Å². The smallest absolute Gasteiger partial charge is 0.143 e. The van der Waals surface area contributed by atoms with Crippen LogP contribution in [0.3, 0.4) is 0 Å². The third-order valence-electron chi connectivity index (χ3n) is 3.02. The fourth-order valence-corrected chi connectivity index (χ4v) is 1.97. The van der Waals surface area contributed by atoms with Crippen molar-refractivity contribution in [3.63, 3.8) is 0 Å². The Labute approximate surface area is 120 Å². The van der Waals surface area contributed by atoms with Crippen LogP contribution in [-0.2, 0) is 11.8 Å². The Hall–Kier alpha value is -1.91. The number of hydrogen-bond acceptors (Lipinski definition) is 4. The Balaban J connectivity index is 2.55. The summed E-state index contributed by atoms with van der Waals surface area (Å²) in [6.45, 7) is 11.4. The maximum Gasteiger partial charge on any atom is 0.143 e. The van der Waals surface area contributed by atoms with Gasteiger partial charge in [0.15, 0.2) is 0 Å². The molecule has 0 fully saturated rings. The molecule has 2 heterocycles. The molecule has 20 heavy (non-hydrogen) atoms. The minimum atomic E-state index is -0.0901. The Bertz CT molecular complexity index is 580. The van der Waals surface area contributed by atoms with Crippen LogP contribution in [0.2, 0.25) is 0 Å². The normalized spacial score (nSPS) is 11.7. The predicted octanol–water partition coefficient (Wildman–Crippen LogP) is 2.95. The van der Waals surface area contributed by atoms with Gasteiger partial charge in [0.2, 0.25) is 0 Å². The van der Waals surface area contributed by atoms with Crippen LogP contribution in [0.1, 0.15) is 46.3 Å². The predicted molar refractivity (Wildman–Crippen MR) is 81.4 cm³/mol. The van der Waals surface area contributed by atoms with Gasteiger partial charge in [-0.25, -0.2) is 15.0 Å². The Morgan fingerprint density at radius 2 is 1.95 bits per heavy atom. The van der Waals surface area contributed by atoms with Gasteiger partial charge in [-0.05, 0) is 6.92 Å². The topological polar surface area (TPSA) is 55.6 Å². The monoisotopic (exact) mass is 273 g/mol. The maximum atomic E-state index is 4.71. The minimum absolute atomic E-state index is 0.0901. The number of aryl methyl sites for hydroxylation is 1. The van der Waals surface area contributed by atoms with E-state index in [0.29, 0.717) is 0 Å². The Morgan fingerprint density at radius 3 is 2.55 bits per heavy atom. The van der Waals surface area contributed by atoms with Crippen LogP contribution in [0.4, 0.5) is 5.82 Å². The highest BCUT2D eigenvalue weighted by molar-refractivity contribution is 5.43. The summed E-state index contributed by atoms with van der Waals surface area (Å²) in [5.41, 5.74) is -0.0901. The number of imidazole rings is 1. The average Bonchev–Trinajstić information content (AvgIpc) is 2.86. The lowest BCUT2D eigenvalue weighted by Crippen LogP contribution is -2.19. The van der Waals surface area contributed by atoms with Crippen LogP contribution in [-0.4, -0.2) is 26.1 Å². The number of rotatable bonds is 4.